The first-order valence-corrected chi connectivity index (χ1v) is 9.50. The summed E-state index contributed by atoms with van der Waals surface area (Å²) < 4.78 is 5.76. The number of nitrogens with two attached hydrogens (primary N) is 1. The fourth-order valence-electron chi connectivity index (χ4n) is 3.33. The molecule has 3 rings (SSSR count). The van der Waals surface area contributed by atoms with E-state index < -0.39 is 5.91 Å². The molecular formula is C19H22Cl2N4O2. The molecule has 0 aromatic carbocycles. The molecule has 1 aliphatic rings. The van der Waals surface area contributed by atoms with E-state index in [1.807, 2.05) is 0 Å². The Bertz CT molecular complexity index is 858. The maximum absolute atomic E-state index is 11.9. The van der Waals surface area contributed by atoms with E-state index in [-0.39, 0.29) is 16.2 Å². The quantitative estimate of drug-likeness (QED) is 0.774. The number of nitrogens with one attached hydrogen (secondary N) is 1. The zero-order chi connectivity index (χ0) is 19.6. The lowest BCUT2D eigenvalue weighted by atomic mass is 9.88. The molecule has 1 atom stereocenters. The Labute approximate surface area is 168 Å². The molecule has 8 heteroatoms. The van der Waals surface area contributed by atoms with E-state index in [2.05, 4.69) is 29.1 Å². The Balaban J connectivity index is 1.89. The van der Waals surface area contributed by atoms with Crippen LogP contribution in [0.4, 0.5) is 5.82 Å². The third-order valence-corrected chi connectivity index (χ3v) is 5.31. The molecule has 144 valence electrons. The van der Waals surface area contributed by atoms with Crippen LogP contribution in [0.2, 0.25) is 10.0 Å². The molecule has 1 aliphatic heterocycles. The first-order chi connectivity index (χ1) is 12.8. The fraction of sp³-hybridized carbons (Fsp3) is 0.421. The molecule has 2 aromatic rings. The van der Waals surface area contributed by atoms with Gasteiger partial charge in [0.15, 0.2) is 0 Å². The molecule has 27 heavy (non-hydrogen) atoms. The van der Waals surface area contributed by atoms with E-state index >= 15 is 0 Å². The number of nitrogens with zero attached hydrogens (tertiary/aromatic N) is 2. The summed E-state index contributed by atoms with van der Waals surface area (Å²) in [4.78, 5) is 20.4. The van der Waals surface area contributed by atoms with Gasteiger partial charge in [0, 0.05) is 31.1 Å². The Morgan fingerprint density at radius 3 is 2.89 bits per heavy atom. The number of ether oxygens (including phenoxy) is 1. The van der Waals surface area contributed by atoms with Gasteiger partial charge in [0.05, 0.1) is 26.9 Å². The number of carbonyl (C=O) groups excluding carboxylic acids is 1. The fourth-order valence-corrected chi connectivity index (χ4v) is 3.83. The second-order valence-electron chi connectivity index (χ2n) is 7.29. The third kappa shape index (κ3) is 4.69. The molecular weight excluding hydrogens is 387 g/mol. The van der Waals surface area contributed by atoms with Gasteiger partial charge in [0.1, 0.15) is 5.82 Å². The van der Waals surface area contributed by atoms with Gasteiger partial charge in [-0.25, -0.2) is 4.98 Å². The van der Waals surface area contributed by atoms with E-state index in [1.165, 1.54) is 6.20 Å². The van der Waals surface area contributed by atoms with Crippen molar-refractivity contribution in [2.75, 3.05) is 18.5 Å². The molecule has 1 fully saturated rings. The van der Waals surface area contributed by atoms with Crippen molar-refractivity contribution in [3.8, 4) is 11.3 Å². The smallest absolute Gasteiger partial charge is 0.250 e. The summed E-state index contributed by atoms with van der Waals surface area (Å²) in [6.45, 7) is 5.63. The maximum atomic E-state index is 11.9. The highest BCUT2D eigenvalue weighted by Crippen LogP contribution is 2.35. The summed E-state index contributed by atoms with van der Waals surface area (Å²) in [6.07, 6.45) is 5.01. The van der Waals surface area contributed by atoms with Crippen molar-refractivity contribution in [3.63, 3.8) is 0 Å². The number of carbonyl (C=O) groups is 1. The van der Waals surface area contributed by atoms with Gasteiger partial charge in [0.25, 0.3) is 0 Å². The summed E-state index contributed by atoms with van der Waals surface area (Å²) >= 11 is 12.6. The first-order valence-electron chi connectivity index (χ1n) is 8.75. The molecule has 1 saturated heterocycles. The van der Waals surface area contributed by atoms with Crippen molar-refractivity contribution in [2.45, 2.75) is 32.3 Å². The highest BCUT2D eigenvalue weighted by molar-refractivity contribution is 6.38. The van der Waals surface area contributed by atoms with Crippen LogP contribution in [-0.2, 0) is 4.74 Å². The normalized spacial score (nSPS) is 18.9. The van der Waals surface area contributed by atoms with E-state index in [4.69, 9.17) is 33.7 Å². The monoisotopic (exact) mass is 408 g/mol. The zero-order valence-corrected chi connectivity index (χ0v) is 16.8. The van der Waals surface area contributed by atoms with Crippen molar-refractivity contribution in [1.82, 2.24) is 9.97 Å². The number of anilines is 1. The number of primary amides is 1. The van der Waals surface area contributed by atoms with Crippen LogP contribution in [0.25, 0.3) is 11.3 Å². The largest absolute Gasteiger partial charge is 0.376 e. The SMILES string of the molecule is CC1(C)C[C@@H](CNc2cc(C(N)=O)c(Cl)c(-c3ccncc3Cl)n2)CCO1. The highest BCUT2D eigenvalue weighted by atomic mass is 35.5. The lowest BCUT2D eigenvalue weighted by molar-refractivity contribution is -0.0699. The second-order valence-corrected chi connectivity index (χ2v) is 8.07. The van der Waals surface area contributed by atoms with Crippen LogP contribution in [0.5, 0.6) is 0 Å². The van der Waals surface area contributed by atoms with Crippen molar-refractivity contribution >= 4 is 34.9 Å². The third-order valence-electron chi connectivity index (χ3n) is 4.62. The molecule has 3 heterocycles. The molecule has 0 radical (unpaired) electrons. The molecule has 0 unspecified atom stereocenters. The standard InChI is InChI=1S/C19H22Cl2N4O2/c1-19(2)8-11(4-6-27-19)9-24-15-7-13(18(22)26)16(21)17(25-15)12-3-5-23-10-14(12)20/h3,5,7,10-11H,4,6,8-9H2,1-2H3,(H2,22,26)(H,24,25)/t11-/m0/s1. The van der Waals surface area contributed by atoms with Crippen LogP contribution in [0.1, 0.15) is 37.0 Å². The minimum absolute atomic E-state index is 0.133. The number of hydrogen-bond acceptors (Lipinski definition) is 5. The lowest BCUT2D eigenvalue weighted by Gasteiger charge is -2.35. The topological polar surface area (TPSA) is 90.1 Å². The Kier molecular flexibility index (Phi) is 5.89. The Hall–Kier alpha value is -1.89. The number of halogens is 2. The average molecular weight is 409 g/mol. The maximum Gasteiger partial charge on any atom is 0.250 e. The van der Waals surface area contributed by atoms with E-state index in [9.17, 15) is 4.79 Å². The van der Waals surface area contributed by atoms with Gasteiger partial charge < -0.3 is 15.8 Å². The second kappa shape index (κ2) is 8.00. The summed E-state index contributed by atoms with van der Waals surface area (Å²) in [5, 5.41) is 3.88. The predicted octanol–water partition coefficient (Wildman–Crippen LogP) is 4.17. The molecule has 0 saturated carbocycles. The van der Waals surface area contributed by atoms with Gasteiger partial charge in [-0.15, -0.1) is 0 Å². The summed E-state index contributed by atoms with van der Waals surface area (Å²) in [5.41, 5.74) is 6.56. The first kappa shape index (κ1) is 19.9. The summed E-state index contributed by atoms with van der Waals surface area (Å²) in [5.74, 6) is 0.348. The van der Waals surface area contributed by atoms with Crippen LogP contribution in [0.15, 0.2) is 24.5 Å². The van der Waals surface area contributed by atoms with Crippen LogP contribution in [0.3, 0.4) is 0 Å². The van der Waals surface area contributed by atoms with E-state index in [0.29, 0.717) is 34.6 Å². The van der Waals surface area contributed by atoms with Crippen molar-refractivity contribution in [1.29, 1.82) is 0 Å². The van der Waals surface area contributed by atoms with Gasteiger partial charge in [-0.3, -0.25) is 9.78 Å². The number of pyridine rings is 2. The van der Waals surface area contributed by atoms with E-state index in [0.717, 1.165) is 19.4 Å². The van der Waals surface area contributed by atoms with Gasteiger partial charge >= 0.3 is 0 Å². The Morgan fingerprint density at radius 1 is 1.44 bits per heavy atom. The highest BCUT2D eigenvalue weighted by Gasteiger charge is 2.28. The van der Waals surface area contributed by atoms with Crippen LogP contribution >= 0.6 is 23.2 Å². The minimum atomic E-state index is -0.621. The zero-order valence-electron chi connectivity index (χ0n) is 15.3. The average Bonchev–Trinajstić information content (AvgIpc) is 2.60. The Morgan fingerprint density at radius 2 is 2.22 bits per heavy atom. The minimum Gasteiger partial charge on any atom is -0.376 e. The number of rotatable bonds is 5. The summed E-state index contributed by atoms with van der Waals surface area (Å²) in [7, 11) is 0. The van der Waals surface area contributed by atoms with Gasteiger partial charge in [-0.1, -0.05) is 23.2 Å². The number of hydrogen-bond donors (Lipinski definition) is 2. The molecule has 0 aliphatic carbocycles. The number of aromatic nitrogens is 2. The van der Waals surface area contributed by atoms with Gasteiger partial charge in [0.2, 0.25) is 5.91 Å². The molecule has 2 aromatic heterocycles. The van der Waals surface area contributed by atoms with Crippen LogP contribution in [0, 0.1) is 5.92 Å². The molecule has 0 bridgehead atoms. The van der Waals surface area contributed by atoms with Crippen LogP contribution < -0.4 is 11.1 Å². The van der Waals surface area contributed by atoms with E-state index in [1.54, 1.807) is 18.3 Å². The molecule has 1 amide bonds. The predicted molar refractivity (Wildman–Crippen MR) is 107 cm³/mol. The number of amides is 1. The van der Waals surface area contributed by atoms with Gasteiger partial charge in [-0.2, -0.15) is 0 Å². The molecule has 6 nitrogen and oxygen atoms in total. The summed E-state index contributed by atoms with van der Waals surface area (Å²) in [6, 6.07) is 3.28. The van der Waals surface area contributed by atoms with Gasteiger partial charge in [-0.05, 0) is 44.7 Å². The lowest BCUT2D eigenvalue weighted by Crippen LogP contribution is -2.36. The molecule has 3 N–H and O–H groups in total. The van der Waals surface area contributed by atoms with Crippen molar-refractivity contribution in [3.05, 3.63) is 40.1 Å². The van der Waals surface area contributed by atoms with Crippen molar-refractivity contribution < 1.29 is 9.53 Å². The van der Waals surface area contributed by atoms with Crippen molar-refractivity contribution in [2.24, 2.45) is 11.7 Å². The molecule has 0 spiro atoms. The van der Waals surface area contributed by atoms with Crippen LogP contribution in [-0.4, -0.2) is 34.6 Å².